The van der Waals surface area contributed by atoms with Crippen molar-refractivity contribution in [2.45, 2.75) is 13.0 Å². The normalized spacial score (nSPS) is 12.5. The van der Waals surface area contributed by atoms with E-state index >= 15 is 0 Å². The molecule has 21 heavy (non-hydrogen) atoms. The number of nitrogens with one attached hydrogen (secondary N) is 1. The number of hydrogen-bond donors (Lipinski definition) is 1. The van der Waals surface area contributed by atoms with Crippen molar-refractivity contribution in [3.63, 3.8) is 0 Å². The van der Waals surface area contributed by atoms with Crippen molar-refractivity contribution in [2.75, 3.05) is 13.7 Å². The van der Waals surface area contributed by atoms with Gasteiger partial charge in [-0.25, -0.2) is 0 Å². The summed E-state index contributed by atoms with van der Waals surface area (Å²) >= 11 is 1.80. The Labute approximate surface area is 129 Å². The highest BCUT2D eigenvalue weighted by Crippen LogP contribution is 2.35. The Morgan fingerprint density at radius 1 is 1.05 bits per heavy atom. The number of fused-ring (bicyclic) bond motifs is 1. The molecule has 0 aliphatic carbocycles. The molecule has 2 nitrogen and oxygen atoms in total. The molecule has 0 spiro atoms. The first-order chi connectivity index (χ1) is 10.3. The summed E-state index contributed by atoms with van der Waals surface area (Å²) in [7, 11) is 1.73. The van der Waals surface area contributed by atoms with Crippen molar-refractivity contribution < 1.29 is 4.74 Å². The van der Waals surface area contributed by atoms with Crippen LogP contribution in [0.1, 0.15) is 24.1 Å². The number of rotatable bonds is 5. The maximum Gasteiger partial charge on any atom is 0.123 e. The van der Waals surface area contributed by atoms with Crippen molar-refractivity contribution in [1.82, 2.24) is 5.32 Å². The summed E-state index contributed by atoms with van der Waals surface area (Å²) in [6, 6.07) is 17.1. The topological polar surface area (TPSA) is 21.3 Å². The molecule has 3 aromatic rings. The summed E-state index contributed by atoms with van der Waals surface area (Å²) in [6.07, 6.45) is 0. The van der Waals surface area contributed by atoms with Gasteiger partial charge in [-0.15, -0.1) is 11.3 Å². The minimum Gasteiger partial charge on any atom is -0.496 e. The van der Waals surface area contributed by atoms with Gasteiger partial charge in [0, 0.05) is 10.3 Å². The van der Waals surface area contributed by atoms with Crippen LogP contribution in [-0.2, 0) is 0 Å². The number of thiophene rings is 1. The number of hydrogen-bond acceptors (Lipinski definition) is 3. The molecule has 0 aliphatic rings. The quantitative estimate of drug-likeness (QED) is 0.742. The van der Waals surface area contributed by atoms with Crippen LogP contribution in [0, 0.1) is 0 Å². The van der Waals surface area contributed by atoms with Gasteiger partial charge in [-0.3, -0.25) is 0 Å². The van der Waals surface area contributed by atoms with E-state index in [1.165, 1.54) is 21.2 Å². The molecule has 1 unspecified atom stereocenters. The van der Waals surface area contributed by atoms with Crippen LogP contribution in [0.15, 0.2) is 53.9 Å². The minimum absolute atomic E-state index is 0.147. The monoisotopic (exact) mass is 297 g/mol. The maximum atomic E-state index is 5.55. The predicted molar refractivity (Wildman–Crippen MR) is 90.3 cm³/mol. The molecule has 1 atom stereocenters. The zero-order chi connectivity index (χ0) is 14.7. The van der Waals surface area contributed by atoms with E-state index in [1.807, 2.05) is 12.1 Å². The summed E-state index contributed by atoms with van der Waals surface area (Å²) in [6.45, 7) is 3.04. The van der Waals surface area contributed by atoms with Crippen LogP contribution in [0.3, 0.4) is 0 Å². The largest absolute Gasteiger partial charge is 0.496 e. The minimum atomic E-state index is 0.147. The molecule has 0 fully saturated rings. The summed E-state index contributed by atoms with van der Waals surface area (Å²) in [4.78, 5) is 0. The van der Waals surface area contributed by atoms with Crippen molar-refractivity contribution in [2.24, 2.45) is 0 Å². The van der Waals surface area contributed by atoms with Crippen LogP contribution in [-0.4, -0.2) is 13.7 Å². The highest BCUT2D eigenvalue weighted by atomic mass is 32.1. The van der Waals surface area contributed by atoms with E-state index in [2.05, 4.69) is 54.0 Å². The molecule has 1 N–H and O–H groups in total. The highest BCUT2D eigenvalue weighted by Gasteiger charge is 2.19. The molecule has 1 aromatic heterocycles. The molecule has 0 saturated carbocycles. The SMILES string of the molecule is CCNC(c1ccccc1OC)c1cccc2ccsc12. The summed E-state index contributed by atoms with van der Waals surface area (Å²) in [5.41, 5.74) is 2.50. The van der Waals surface area contributed by atoms with Crippen LogP contribution in [0.25, 0.3) is 10.1 Å². The first-order valence-corrected chi connectivity index (χ1v) is 8.05. The Kier molecular flexibility index (Phi) is 4.23. The number of methoxy groups -OCH3 is 1. The lowest BCUT2D eigenvalue weighted by Crippen LogP contribution is -2.22. The fraction of sp³-hybridized carbons (Fsp3) is 0.222. The Hall–Kier alpha value is -1.84. The molecule has 0 radical (unpaired) electrons. The van der Waals surface area contributed by atoms with Gasteiger partial charge >= 0.3 is 0 Å². The smallest absolute Gasteiger partial charge is 0.123 e. The van der Waals surface area contributed by atoms with E-state index in [0.29, 0.717) is 0 Å². The second-order valence-electron chi connectivity index (χ2n) is 4.92. The van der Waals surface area contributed by atoms with Crippen molar-refractivity contribution >= 4 is 21.4 Å². The molecule has 3 heteroatoms. The van der Waals surface area contributed by atoms with E-state index < -0.39 is 0 Å². The standard InChI is InChI=1S/C18H19NOS/c1-3-19-17(14-8-4-5-10-16(14)20-2)15-9-6-7-13-11-12-21-18(13)15/h4-12,17,19H,3H2,1-2H3. The second kappa shape index (κ2) is 6.29. The third-order valence-electron chi connectivity index (χ3n) is 3.68. The Balaban J connectivity index is 2.16. The number of para-hydroxylation sites is 1. The second-order valence-corrected chi connectivity index (χ2v) is 5.83. The van der Waals surface area contributed by atoms with Gasteiger partial charge in [-0.2, -0.15) is 0 Å². The van der Waals surface area contributed by atoms with E-state index in [9.17, 15) is 0 Å². The van der Waals surface area contributed by atoms with Gasteiger partial charge in [-0.05, 0) is 35.0 Å². The lowest BCUT2D eigenvalue weighted by Gasteiger charge is -2.22. The predicted octanol–water partition coefficient (Wildman–Crippen LogP) is 4.61. The molecule has 108 valence electrons. The van der Waals surface area contributed by atoms with E-state index in [1.54, 1.807) is 18.4 Å². The number of benzene rings is 2. The molecule has 2 aromatic carbocycles. The molecule has 0 bridgehead atoms. The van der Waals surface area contributed by atoms with Crippen molar-refractivity contribution in [1.29, 1.82) is 0 Å². The van der Waals surface area contributed by atoms with Gasteiger partial charge < -0.3 is 10.1 Å². The van der Waals surface area contributed by atoms with E-state index in [0.717, 1.165) is 12.3 Å². The van der Waals surface area contributed by atoms with Crippen LogP contribution < -0.4 is 10.1 Å². The first-order valence-electron chi connectivity index (χ1n) is 7.17. The summed E-state index contributed by atoms with van der Waals surface area (Å²) in [5.74, 6) is 0.928. The molecule has 0 amide bonds. The molecule has 1 heterocycles. The van der Waals surface area contributed by atoms with Crippen LogP contribution in [0.2, 0.25) is 0 Å². The van der Waals surface area contributed by atoms with Crippen molar-refractivity contribution in [3.8, 4) is 5.75 Å². The zero-order valence-electron chi connectivity index (χ0n) is 12.3. The van der Waals surface area contributed by atoms with Gasteiger partial charge in [0.2, 0.25) is 0 Å². The molecule has 3 rings (SSSR count). The fourth-order valence-electron chi connectivity index (χ4n) is 2.74. The molecular weight excluding hydrogens is 278 g/mol. The van der Waals surface area contributed by atoms with E-state index in [-0.39, 0.29) is 6.04 Å². The van der Waals surface area contributed by atoms with Gasteiger partial charge in [0.05, 0.1) is 13.2 Å². The highest BCUT2D eigenvalue weighted by molar-refractivity contribution is 7.17. The van der Waals surface area contributed by atoms with Crippen molar-refractivity contribution in [3.05, 3.63) is 65.0 Å². The molecular formula is C18H19NOS. The molecule has 0 saturated heterocycles. The van der Waals surface area contributed by atoms with Gasteiger partial charge in [0.15, 0.2) is 0 Å². The van der Waals surface area contributed by atoms with Crippen LogP contribution in [0.4, 0.5) is 0 Å². The van der Waals surface area contributed by atoms with Gasteiger partial charge in [-0.1, -0.05) is 43.3 Å². The maximum absolute atomic E-state index is 5.55. The zero-order valence-corrected chi connectivity index (χ0v) is 13.1. The van der Waals surface area contributed by atoms with Crippen LogP contribution in [0.5, 0.6) is 5.75 Å². The number of ether oxygens (including phenoxy) is 1. The fourth-order valence-corrected chi connectivity index (χ4v) is 3.68. The lowest BCUT2D eigenvalue weighted by molar-refractivity contribution is 0.404. The average molecular weight is 297 g/mol. The van der Waals surface area contributed by atoms with E-state index in [4.69, 9.17) is 4.74 Å². The third-order valence-corrected chi connectivity index (χ3v) is 4.66. The lowest BCUT2D eigenvalue weighted by atomic mass is 9.97. The Bertz CT molecular complexity index is 735. The Morgan fingerprint density at radius 3 is 2.67 bits per heavy atom. The Morgan fingerprint density at radius 2 is 1.86 bits per heavy atom. The third kappa shape index (κ3) is 2.67. The summed E-state index contributed by atoms with van der Waals surface area (Å²) in [5, 5.41) is 7.05. The molecule has 0 aliphatic heterocycles. The van der Waals surface area contributed by atoms with Gasteiger partial charge in [0.1, 0.15) is 5.75 Å². The van der Waals surface area contributed by atoms with Gasteiger partial charge in [0.25, 0.3) is 0 Å². The summed E-state index contributed by atoms with van der Waals surface area (Å²) < 4.78 is 6.89. The van der Waals surface area contributed by atoms with Crippen LogP contribution >= 0.6 is 11.3 Å². The average Bonchev–Trinajstić information content (AvgIpc) is 3.01. The first kappa shape index (κ1) is 14.1.